The summed E-state index contributed by atoms with van der Waals surface area (Å²) in [5, 5.41) is 0. The molecule has 0 amide bonds. The zero-order valence-electron chi connectivity index (χ0n) is 21.5. The van der Waals surface area contributed by atoms with E-state index in [-0.39, 0.29) is 10.8 Å². The fourth-order valence-corrected chi connectivity index (χ4v) is 10.6. The molecule has 0 aromatic carbocycles. The van der Waals surface area contributed by atoms with Crippen LogP contribution in [0, 0.1) is 56.7 Å². The maximum Gasteiger partial charge on any atom is 0.161 e. The van der Waals surface area contributed by atoms with Crippen molar-refractivity contribution in [1.82, 2.24) is 0 Å². The van der Waals surface area contributed by atoms with Gasteiger partial charge in [-0.15, -0.1) is 0 Å². The molecule has 0 saturated heterocycles. The lowest BCUT2D eigenvalue weighted by Gasteiger charge is -2.68. The van der Waals surface area contributed by atoms with Crippen molar-refractivity contribution in [2.75, 3.05) is 0 Å². The van der Waals surface area contributed by atoms with Crippen LogP contribution < -0.4 is 0 Å². The molecule has 5 aliphatic rings. The third kappa shape index (κ3) is 2.48. The SMILES string of the molecule is CC(C)[C@@H]1CC[C@H]2[C@@]1(C)CC[C@@]1(C)[C@@H]3CC[C@H]4C(C)(C)C(=O)C=C[C@]4(C)C3=CC[C@]21C. The Hall–Kier alpha value is -0.850. The van der Waals surface area contributed by atoms with Gasteiger partial charge in [0.05, 0.1) is 0 Å². The molecular formula is C30H46O. The molecule has 0 aromatic rings. The average molecular weight is 423 g/mol. The van der Waals surface area contributed by atoms with Crippen molar-refractivity contribution in [3.8, 4) is 0 Å². The number of fused-ring (bicyclic) bond motifs is 7. The molecule has 1 nitrogen and oxygen atoms in total. The number of hydrogen-bond donors (Lipinski definition) is 0. The lowest BCUT2D eigenvalue weighted by molar-refractivity contribution is -0.153. The first kappa shape index (κ1) is 22.0. The van der Waals surface area contributed by atoms with Crippen LogP contribution in [0.5, 0.6) is 0 Å². The normalized spacial score (nSPS) is 52.8. The van der Waals surface area contributed by atoms with Crippen molar-refractivity contribution in [1.29, 1.82) is 0 Å². The molecule has 3 saturated carbocycles. The first-order chi connectivity index (χ1) is 14.3. The summed E-state index contributed by atoms with van der Waals surface area (Å²) >= 11 is 0. The topological polar surface area (TPSA) is 17.1 Å². The third-order valence-electron chi connectivity index (χ3n) is 12.5. The van der Waals surface area contributed by atoms with Gasteiger partial charge in [-0.3, -0.25) is 4.79 Å². The van der Waals surface area contributed by atoms with Gasteiger partial charge in [0, 0.05) is 10.8 Å². The van der Waals surface area contributed by atoms with Crippen LogP contribution in [0.3, 0.4) is 0 Å². The van der Waals surface area contributed by atoms with Crippen molar-refractivity contribution < 1.29 is 4.79 Å². The summed E-state index contributed by atoms with van der Waals surface area (Å²) in [4.78, 5) is 12.8. The highest BCUT2D eigenvalue weighted by molar-refractivity contribution is 5.96. The molecule has 0 N–H and O–H groups in total. The molecule has 0 spiro atoms. The van der Waals surface area contributed by atoms with E-state index < -0.39 is 0 Å². The summed E-state index contributed by atoms with van der Waals surface area (Å²) in [5.41, 5.74) is 2.83. The molecule has 31 heavy (non-hydrogen) atoms. The van der Waals surface area contributed by atoms with E-state index >= 15 is 0 Å². The summed E-state index contributed by atoms with van der Waals surface area (Å²) in [6.45, 7) is 19.8. The van der Waals surface area contributed by atoms with Gasteiger partial charge in [0.15, 0.2) is 5.78 Å². The highest BCUT2D eigenvalue weighted by Gasteiger charge is 2.68. The standard InChI is InChI=1S/C30H46O/c1-19(2)20-9-12-24-28(20,6)17-18-29(7)22-10-11-23-26(3,4)25(31)14-15-27(23,5)21(22)13-16-30(24,29)8/h13-15,19-20,22-24H,9-12,16-18H2,1-8H3/t20-,22+,23-,24-,27+,28-,29-,30+/m0/s1. The Morgan fingerprint density at radius 3 is 2.23 bits per heavy atom. The monoisotopic (exact) mass is 422 g/mol. The first-order valence-corrected chi connectivity index (χ1v) is 13.3. The van der Waals surface area contributed by atoms with Crippen LogP contribution >= 0.6 is 0 Å². The van der Waals surface area contributed by atoms with Gasteiger partial charge in [-0.2, -0.15) is 0 Å². The summed E-state index contributed by atoms with van der Waals surface area (Å²) in [7, 11) is 0. The van der Waals surface area contributed by atoms with Gasteiger partial charge in [0.2, 0.25) is 0 Å². The van der Waals surface area contributed by atoms with E-state index in [1.165, 1.54) is 44.9 Å². The minimum Gasteiger partial charge on any atom is -0.294 e. The summed E-state index contributed by atoms with van der Waals surface area (Å²) in [5.74, 6) is 4.02. The lowest BCUT2D eigenvalue weighted by Crippen LogP contribution is -2.61. The Kier molecular flexibility index (Phi) is 4.52. The molecule has 172 valence electrons. The summed E-state index contributed by atoms with van der Waals surface area (Å²) in [6.07, 6.45) is 16.3. The lowest BCUT2D eigenvalue weighted by atomic mass is 9.36. The average Bonchev–Trinajstić information content (AvgIpc) is 3.05. The molecule has 3 fully saturated rings. The van der Waals surface area contributed by atoms with Gasteiger partial charge in [-0.05, 0) is 96.9 Å². The Balaban J connectivity index is 1.58. The van der Waals surface area contributed by atoms with Crippen LogP contribution in [-0.4, -0.2) is 5.78 Å². The van der Waals surface area contributed by atoms with Crippen LogP contribution in [0.1, 0.15) is 100 Å². The van der Waals surface area contributed by atoms with E-state index in [9.17, 15) is 4.79 Å². The molecule has 0 aromatic heterocycles. The zero-order valence-corrected chi connectivity index (χ0v) is 21.5. The van der Waals surface area contributed by atoms with Crippen molar-refractivity contribution in [2.24, 2.45) is 56.7 Å². The predicted molar refractivity (Wildman–Crippen MR) is 130 cm³/mol. The summed E-state index contributed by atoms with van der Waals surface area (Å²) < 4.78 is 0. The Bertz CT molecular complexity index is 860. The molecular weight excluding hydrogens is 376 g/mol. The van der Waals surface area contributed by atoms with Crippen molar-refractivity contribution >= 4 is 5.78 Å². The largest absolute Gasteiger partial charge is 0.294 e. The minimum atomic E-state index is -0.238. The van der Waals surface area contributed by atoms with Gasteiger partial charge < -0.3 is 0 Å². The maximum absolute atomic E-state index is 12.8. The van der Waals surface area contributed by atoms with Gasteiger partial charge in [-0.1, -0.05) is 73.1 Å². The molecule has 0 radical (unpaired) electrons. The van der Waals surface area contributed by atoms with Gasteiger partial charge in [-0.25, -0.2) is 0 Å². The van der Waals surface area contributed by atoms with Gasteiger partial charge >= 0.3 is 0 Å². The molecule has 5 rings (SSSR count). The van der Waals surface area contributed by atoms with Gasteiger partial charge in [0.25, 0.3) is 0 Å². The Morgan fingerprint density at radius 1 is 0.871 bits per heavy atom. The quantitative estimate of drug-likeness (QED) is 0.391. The molecule has 8 atom stereocenters. The number of hydrogen-bond acceptors (Lipinski definition) is 1. The first-order valence-electron chi connectivity index (χ1n) is 13.3. The highest BCUT2D eigenvalue weighted by atomic mass is 16.1. The van der Waals surface area contributed by atoms with Crippen molar-refractivity contribution in [3.05, 3.63) is 23.8 Å². The van der Waals surface area contributed by atoms with E-state index in [1.807, 2.05) is 6.08 Å². The molecule has 0 bridgehead atoms. The Labute approximate surface area is 191 Å². The molecule has 5 aliphatic carbocycles. The summed E-state index contributed by atoms with van der Waals surface area (Å²) in [6, 6.07) is 0. The second-order valence-electron chi connectivity index (χ2n) is 14.1. The van der Waals surface area contributed by atoms with E-state index in [2.05, 4.69) is 67.5 Å². The van der Waals surface area contributed by atoms with Crippen molar-refractivity contribution in [2.45, 2.75) is 100 Å². The molecule has 0 aliphatic heterocycles. The fourth-order valence-electron chi connectivity index (χ4n) is 10.6. The van der Waals surface area contributed by atoms with Crippen molar-refractivity contribution in [3.63, 3.8) is 0 Å². The Morgan fingerprint density at radius 2 is 1.55 bits per heavy atom. The molecule has 0 unspecified atom stereocenters. The zero-order chi connectivity index (χ0) is 22.6. The van der Waals surface area contributed by atoms with Crippen LogP contribution in [0.15, 0.2) is 23.8 Å². The van der Waals surface area contributed by atoms with E-state index in [4.69, 9.17) is 0 Å². The number of carbonyl (C=O) groups is 1. The van der Waals surface area contributed by atoms with E-state index in [0.29, 0.717) is 33.9 Å². The molecule has 1 heteroatoms. The third-order valence-corrected chi connectivity index (χ3v) is 12.5. The highest BCUT2D eigenvalue weighted by Crippen LogP contribution is 2.75. The number of allylic oxidation sites excluding steroid dienone is 4. The maximum atomic E-state index is 12.8. The van der Waals surface area contributed by atoms with E-state index in [0.717, 1.165) is 17.8 Å². The fraction of sp³-hybridized carbons (Fsp3) is 0.833. The van der Waals surface area contributed by atoms with Crippen LogP contribution in [0.25, 0.3) is 0 Å². The molecule has 0 heterocycles. The predicted octanol–water partition coefficient (Wildman–Crippen LogP) is 8.01. The number of carbonyl (C=O) groups excluding carboxylic acids is 1. The van der Waals surface area contributed by atoms with Crippen LogP contribution in [0.2, 0.25) is 0 Å². The minimum absolute atomic E-state index is 0.0571. The second kappa shape index (κ2) is 6.38. The smallest absolute Gasteiger partial charge is 0.161 e. The second-order valence-corrected chi connectivity index (χ2v) is 14.1. The van der Waals surface area contributed by atoms with Crippen LogP contribution in [0.4, 0.5) is 0 Å². The van der Waals surface area contributed by atoms with E-state index in [1.54, 1.807) is 5.57 Å². The van der Waals surface area contributed by atoms with Crippen LogP contribution in [-0.2, 0) is 4.79 Å². The number of rotatable bonds is 1. The van der Waals surface area contributed by atoms with Gasteiger partial charge in [0.1, 0.15) is 0 Å². The number of ketones is 1.